The summed E-state index contributed by atoms with van der Waals surface area (Å²) in [6, 6.07) is 9.26. The van der Waals surface area contributed by atoms with Gasteiger partial charge in [-0.2, -0.15) is 5.10 Å². The fraction of sp³-hybridized carbons (Fsp3) is 0.304. The van der Waals surface area contributed by atoms with Gasteiger partial charge in [0.1, 0.15) is 17.7 Å². The van der Waals surface area contributed by atoms with Gasteiger partial charge in [-0.3, -0.25) is 14.0 Å². The molecule has 1 aliphatic heterocycles. The van der Waals surface area contributed by atoms with Crippen molar-refractivity contribution in [2.45, 2.75) is 13.0 Å². The zero-order chi connectivity index (χ0) is 22.4. The van der Waals surface area contributed by atoms with Gasteiger partial charge in [0.15, 0.2) is 0 Å². The summed E-state index contributed by atoms with van der Waals surface area (Å²) in [4.78, 5) is 25.0. The van der Waals surface area contributed by atoms with E-state index in [9.17, 15) is 4.79 Å². The van der Waals surface area contributed by atoms with Crippen molar-refractivity contribution in [3.8, 4) is 11.3 Å². The summed E-state index contributed by atoms with van der Waals surface area (Å²) in [7, 11) is 3.62. The third kappa shape index (κ3) is 3.65. The van der Waals surface area contributed by atoms with Crippen LogP contribution in [0.25, 0.3) is 22.2 Å². The van der Waals surface area contributed by atoms with E-state index in [0.29, 0.717) is 47.1 Å². The summed E-state index contributed by atoms with van der Waals surface area (Å²) in [6.45, 7) is 3.72. The first-order chi connectivity index (χ1) is 15.4. The number of aryl methyl sites for hydroxylation is 2. The molecular weight excluding hydrogens is 428 g/mol. The second-order valence-electron chi connectivity index (χ2n) is 8.01. The maximum atomic E-state index is 13.2. The van der Waals surface area contributed by atoms with Crippen molar-refractivity contribution in [2.24, 2.45) is 14.1 Å². The highest BCUT2D eigenvalue weighted by atomic mass is 35.5. The number of hydrogen-bond acceptors (Lipinski definition) is 6. The van der Waals surface area contributed by atoms with E-state index in [4.69, 9.17) is 26.3 Å². The summed E-state index contributed by atoms with van der Waals surface area (Å²) in [5.41, 5.74) is 2.96. The molecule has 0 spiro atoms. The molecule has 9 heteroatoms. The van der Waals surface area contributed by atoms with Gasteiger partial charge >= 0.3 is 0 Å². The number of aromatic nitrogens is 5. The van der Waals surface area contributed by atoms with Crippen molar-refractivity contribution in [1.82, 2.24) is 24.3 Å². The Balaban J connectivity index is 1.64. The normalized spacial score (nSPS) is 16.6. The van der Waals surface area contributed by atoms with E-state index in [1.165, 1.54) is 0 Å². The van der Waals surface area contributed by atoms with Crippen molar-refractivity contribution in [3.63, 3.8) is 0 Å². The van der Waals surface area contributed by atoms with E-state index < -0.39 is 0 Å². The van der Waals surface area contributed by atoms with Gasteiger partial charge in [0.05, 0.1) is 29.4 Å². The maximum Gasteiger partial charge on any atom is 0.263 e. The Labute approximate surface area is 190 Å². The van der Waals surface area contributed by atoms with Gasteiger partial charge in [-0.05, 0) is 19.1 Å². The highest BCUT2D eigenvalue weighted by molar-refractivity contribution is 6.30. The van der Waals surface area contributed by atoms with E-state index in [2.05, 4.69) is 10.00 Å². The smallest absolute Gasteiger partial charge is 0.263 e. The second kappa shape index (κ2) is 8.03. The summed E-state index contributed by atoms with van der Waals surface area (Å²) >= 11 is 6.10. The monoisotopic (exact) mass is 450 g/mol. The quantitative estimate of drug-likeness (QED) is 0.476. The van der Waals surface area contributed by atoms with Gasteiger partial charge in [0, 0.05) is 55.6 Å². The molecule has 0 aliphatic carbocycles. The predicted molar refractivity (Wildman–Crippen MR) is 124 cm³/mol. The first-order valence-corrected chi connectivity index (χ1v) is 10.8. The summed E-state index contributed by atoms with van der Waals surface area (Å²) in [6.07, 6.45) is 3.69. The van der Waals surface area contributed by atoms with E-state index in [1.54, 1.807) is 28.4 Å². The second-order valence-corrected chi connectivity index (χ2v) is 8.44. The van der Waals surface area contributed by atoms with E-state index in [0.717, 1.165) is 16.9 Å². The summed E-state index contributed by atoms with van der Waals surface area (Å²) in [5, 5.41) is 5.39. The third-order valence-corrected chi connectivity index (χ3v) is 6.13. The van der Waals surface area contributed by atoms with Gasteiger partial charge in [-0.1, -0.05) is 23.7 Å². The van der Waals surface area contributed by atoms with E-state index in [-0.39, 0.29) is 11.7 Å². The van der Waals surface area contributed by atoms with Crippen LogP contribution in [-0.4, -0.2) is 44.0 Å². The van der Waals surface area contributed by atoms with Gasteiger partial charge < -0.3 is 9.64 Å². The number of anilines is 1. The first kappa shape index (κ1) is 20.7. The van der Waals surface area contributed by atoms with Gasteiger partial charge in [-0.15, -0.1) is 0 Å². The molecule has 1 aliphatic rings. The number of fused-ring (bicyclic) bond motifs is 1. The average Bonchev–Trinajstić information content (AvgIpc) is 3.24. The Morgan fingerprint density at radius 2 is 1.94 bits per heavy atom. The lowest BCUT2D eigenvalue weighted by molar-refractivity contribution is 0.0395. The van der Waals surface area contributed by atoms with Crippen LogP contribution in [0.4, 0.5) is 5.82 Å². The number of rotatable bonds is 3. The molecular formula is C23H23ClN6O2. The summed E-state index contributed by atoms with van der Waals surface area (Å²) in [5.74, 6) is 1.41. The maximum absolute atomic E-state index is 13.2. The van der Waals surface area contributed by atoms with Crippen molar-refractivity contribution in [2.75, 3.05) is 24.6 Å². The van der Waals surface area contributed by atoms with Crippen molar-refractivity contribution < 1.29 is 4.74 Å². The topological polar surface area (TPSA) is 78.1 Å². The lowest BCUT2D eigenvalue weighted by Gasteiger charge is -2.33. The molecule has 0 amide bonds. The number of pyridine rings is 1. The van der Waals surface area contributed by atoms with Crippen LogP contribution < -0.4 is 10.5 Å². The molecule has 1 atom stereocenters. The van der Waals surface area contributed by atoms with Crippen molar-refractivity contribution in [1.29, 1.82) is 0 Å². The Morgan fingerprint density at radius 1 is 1.16 bits per heavy atom. The Bertz CT molecular complexity index is 1360. The SMILES string of the molecule is Cc1nc2cc(N3CCOC(c4cnn(C)c4)C3)nc(-c3ccc(Cl)cc3)c2c(=O)n1C. The van der Waals surface area contributed by atoms with Crippen LogP contribution in [0.2, 0.25) is 5.02 Å². The molecule has 164 valence electrons. The Kier molecular flexibility index (Phi) is 5.19. The zero-order valence-corrected chi connectivity index (χ0v) is 18.9. The van der Waals surface area contributed by atoms with E-state index >= 15 is 0 Å². The minimum atomic E-state index is -0.119. The minimum absolute atomic E-state index is 0.104. The highest BCUT2D eigenvalue weighted by Gasteiger charge is 2.26. The molecule has 1 unspecified atom stereocenters. The number of benzene rings is 1. The minimum Gasteiger partial charge on any atom is -0.370 e. The van der Waals surface area contributed by atoms with Crippen LogP contribution in [0.5, 0.6) is 0 Å². The fourth-order valence-corrected chi connectivity index (χ4v) is 4.15. The molecule has 1 aromatic carbocycles. The molecule has 4 aromatic rings. The lowest BCUT2D eigenvalue weighted by Crippen LogP contribution is -2.39. The number of hydrogen-bond donors (Lipinski definition) is 0. The van der Waals surface area contributed by atoms with Crippen LogP contribution in [0.3, 0.4) is 0 Å². The third-order valence-electron chi connectivity index (χ3n) is 5.88. The van der Waals surface area contributed by atoms with E-state index in [1.807, 2.05) is 44.6 Å². The first-order valence-electron chi connectivity index (χ1n) is 10.4. The van der Waals surface area contributed by atoms with Gasteiger partial charge in [0.2, 0.25) is 0 Å². The molecule has 0 bridgehead atoms. The average molecular weight is 451 g/mol. The van der Waals surface area contributed by atoms with Crippen LogP contribution in [-0.2, 0) is 18.8 Å². The predicted octanol–water partition coefficient (Wildman–Crippen LogP) is 3.27. The number of ether oxygens (including phenoxy) is 1. The van der Waals surface area contributed by atoms with Gasteiger partial charge in [0.25, 0.3) is 5.56 Å². The molecule has 1 fully saturated rings. The molecule has 8 nitrogen and oxygen atoms in total. The fourth-order valence-electron chi connectivity index (χ4n) is 4.03. The molecule has 5 rings (SSSR count). The van der Waals surface area contributed by atoms with Crippen molar-refractivity contribution >= 4 is 28.3 Å². The number of nitrogens with zero attached hydrogens (tertiary/aromatic N) is 6. The number of morpholine rings is 1. The van der Waals surface area contributed by atoms with Crippen LogP contribution >= 0.6 is 11.6 Å². The molecule has 0 saturated carbocycles. The molecule has 3 aromatic heterocycles. The molecule has 0 N–H and O–H groups in total. The van der Waals surface area contributed by atoms with Crippen LogP contribution in [0.15, 0.2) is 47.5 Å². The number of halogens is 1. The van der Waals surface area contributed by atoms with Gasteiger partial charge in [-0.25, -0.2) is 9.97 Å². The standard InChI is InChI=1S/C23H23ClN6O2/c1-14-26-18-10-20(30-8-9-32-19(13-30)16-11-25-28(2)12-16)27-22(21(18)23(31)29(14)3)15-4-6-17(24)7-5-15/h4-7,10-12,19H,8-9,13H2,1-3H3. The Hall–Kier alpha value is -3.23. The van der Waals surface area contributed by atoms with Crippen LogP contribution in [0.1, 0.15) is 17.5 Å². The highest BCUT2D eigenvalue weighted by Crippen LogP contribution is 2.31. The molecule has 32 heavy (non-hydrogen) atoms. The lowest BCUT2D eigenvalue weighted by atomic mass is 10.1. The zero-order valence-electron chi connectivity index (χ0n) is 18.1. The molecule has 1 saturated heterocycles. The molecule has 0 radical (unpaired) electrons. The Morgan fingerprint density at radius 3 is 2.66 bits per heavy atom. The van der Waals surface area contributed by atoms with Crippen LogP contribution in [0, 0.1) is 6.92 Å². The summed E-state index contributed by atoms with van der Waals surface area (Å²) < 4.78 is 9.31. The molecule has 4 heterocycles. The largest absolute Gasteiger partial charge is 0.370 e. The van der Waals surface area contributed by atoms with Crippen molar-refractivity contribution in [3.05, 3.63) is 69.5 Å².